The van der Waals surface area contributed by atoms with Gasteiger partial charge in [0.25, 0.3) is 0 Å². The molecular formula is C13H16N2O2S. The summed E-state index contributed by atoms with van der Waals surface area (Å²) in [6.07, 6.45) is 0.809. The quantitative estimate of drug-likeness (QED) is 0.840. The summed E-state index contributed by atoms with van der Waals surface area (Å²) < 4.78 is 5.16. The van der Waals surface area contributed by atoms with Crippen molar-refractivity contribution in [2.75, 3.05) is 0 Å². The number of aromatic nitrogens is 2. The molecule has 1 aromatic heterocycles. The molecule has 0 radical (unpaired) electrons. The highest BCUT2D eigenvalue weighted by molar-refractivity contribution is 7.98. The van der Waals surface area contributed by atoms with Crippen molar-refractivity contribution in [3.63, 3.8) is 0 Å². The smallest absolute Gasteiger partial charge is 0.226 e. The number of benzene rings is 1. The van der Waals surface area contributed by atoms with Crippen LogP contribution in [0.5, 0.6) is 5.75 Å². The molecule has 0 unspecified atom stereocenters. The van der Waals surface area contributed by atoms with Crippen molar-refractivity contribution in [3.05, 3.63) is 36.0 Å². The highest BCUT2D eigenvalue weighted by atomic mass is 32.2. The summed E-state index contributed by atoms with van der Waals surface area (Å²) in [5.41, 5.74) is 0. The van der Waals surface area contributed by atoms with Crippen LogP contribution in [0.1, 0.15) is 25.6 Å². The monoisotopic (exact) mass is 264 g/mol. The van der Waals surface area contributed by atoms with Crippen LogP contribution in [0.25, 0.3) is 0 Å². The normalized spacial score (nSPS) is 11.1. The maximum absolute atomic E-state index is 9.35. The Kier molecular flexibility index (Phi) is 4.25. The molecule has 96 valence electrons. The van der Waals surface area contributed by atoms with E-state index in [1.165, 1.54) is 0 Å². The lowest BCUT2D eigenvalue weighted by Crippen LogP contribution is -1.94. The van der Waals surface area contributed by atoms with Gasteiger partial charge in [0.15, 0.2) is 5.82 Å². The van der Waals surface area contributed by atoms with E-state index in [0.29, 0.717) is 23.4 Å². The first-order valence-corrected chi connectivity index (χ1v) is 6.85. The second kappa shape index (κ2) is 5.91. The molecule has 0 saturated heterocycles. The molecular weight excluding hydrogens is 248 g/mol. The predicted octanol–water partition coefficient (Wildman–Crippen LogP) is 3.27. The van der Waals surface area contributed by atoms with Gasteiger partial charge in [0.2, 0.25) is 5.89 Å². The third-order valence-corrected chi connectivity index (χ3v) is 3.27. The van der Waals surface area contributed by atoms with Crippen molar-refractivity contribution in [2.45, 2.75) is 30.9 Å². The molecule has 0 saturated carbocycles. The Labute approximate surface area is 110 Å². The lowest BCUT2D eigenvalue weighted by atomic mass is 10.1. The Hall–Kier alpha value is -1.49. The van der Waals surface area contributed by atoms with E-state index in [1.54, 1.807) is 23.9 Å². The van der Waals surface area contributed by atoms with E-state index in [1.807, 2.05) is 12.1 Å². The summed E-state index contributed by atoms with van der Waals surface area (Å²) in [6.45, 7) is 4.23. The molecule has 4 nitrogen and oxygen atoms in total. The van der Waals surface area contributed by atoms with Gasteiger partial charge in [-0.3, -0.25) is 0 Å². The zero-order valence-electron chi connectivity index (χ0n) is 10.5. The van der Waals surface area contributed by atoms with Crippen molar-refractivity contribution in [3.8, 4) is 5.75 Å². The van der Waals surface area contributed by atoms with Gasteiger partial charge in [-0.2, -0.15) is 4.98 Å². The number of thioether (sulfide) groups is 1. The van der Waals surface area contributed by atoms with Gasteiger partial charge >= 0.3 is 0 Å². The van der Waals surface area contributed by atoms with Crippen molar-refractivity contribution in [1.82, 2.24) is 10.1 Å². The van der Waals surface area contributed by atoms with Crippen molar-refractivity contribution in [2.24, 2.45) is 5.92 Å². The molecule has 1 N–H and O–H groups in total. The first kappa shape index (κ1) is 13.0. The number of aromatic hydroxyl groups is 1. The van der Waals surface area contributed by atoms with Crippen molar-refractivity contribution in [1.29, 1.82) is 0 Å². The van der Waals surface area contributed by atoms with E-state index >= 15 is 0 Å². The Bertz CT molecular complexity index is 511. The minimum absolute atomic E-state index is 0.272. The van der Waals surface area contributed by atoms with Crippen LogP contribution in [0.15, 0.2) is 33.7 Å². The zero-order chi connectivity index (χ0) is 13.0. The van der Waals surface area contributed by atoms with E-state index in [9.17, 15) is 5.11 Å². The second-order valence-electron chi connectivity index (χ2n) is 4.49. The van der Waals surface area contributed by atoms with Gasteiger partial charge in [0, 0.05) is 11.3 Å². The standard InChI is InChI=1S/C13H16N2O2S/c1-9(2)6-13-14-12(15-17-13)8-18-11-5-3-4-10(16)7-11/h3-5,7,9,16H,6,8H2,1-2H3. The van der Waals surface area contributed by atoms with E-state index in [4.69, 9.17) is 4.52 Å². The van der Waals surface area contributed by atoms with Gasteiger partial charge in [-0.15, -0.1) is 11.8 Å². The van der Waals surface area contributed by atoms with Gasteiger partial charge in [-0.05, 0) is 24.1 Å². The fraction of sp³-hybridized carbons (Fsp3) is 0.385. The minimum Gasteiger partial charge on any atom is -0.508 e. The lowest BCUT2D eigenvalue weighted by molar-refractivity contribution is 0.360. The van der Waals surface area contributed by atoms with E-state index in [2.05, 4.69) is 24.0 Å². The van der Waals surface area contributed by atoms with Crippen molar-refractivity contribution < 1.29 is 9.63 Å². The molecule has 2 rings (SSSR count). The summed E-state index contributed by atoms with van der Waals surface area (Å²) in [5, 5.41) is 13.3. The fourth-order valence-electron chi connectivity index (χ4n) is 1.50. The Morgan fingerprint density at radius 1 is 1.39 bits per heavy atom. The molecule has 0 fully saturated rings. The third kappa shape index (κ3) is 3.77. The molecule has 0 atom stereocenters. The maximum atomic E-state index is 9.35. The van der Waals surface area contributed by atoms with E-state index in [0.717, 1.165) is 11.3 Å². The Morgan fingerprint density at radius 2 is 2.22 bits per heavy atom. The first-order valence-electron chi connectivity index (χ1n) is 5.87. The molecule has 1 heterocycles. The van der Waals surface area contributed by atoms with Crippen LogP contribution in [-0.2, 0) is 12.2 Å². The fourth-order valence-corrected chi connectivity index (χ4v) is 2.29. The average Bonchev–Trinajstić information content (AvgIpc) is 2.73. The topological polar surface area (TPSA) is 59.2 Å². The molecule has 0 bridgehead atoms. The van der Waals surface area contributed by atoms with Crippen LogP contribution in [-0.4, -0.2) is 15.2 Å². The summed E-state index contributed by atoms with van der Waals surface area (Å²) in [6, 6.07) is 7.14. The Balaban J connectivity index is 1.92. The minimum atomic E-state index is 0.272. The molecule has 0 spiro atoms. The van der Waals surface area contributed by atoms with Gasteiger partial charge in [0.1, 0.15) is 5.75 Å². The van der Waals surface area contributed by atoms with Crippen LogP contribution in [0.4, 0.5) is 0 Å². The number of phenolic OH excluding ortho intramolecular Hbond substituents is 1. The molecule has 2 aromatic rings. The zero-order valence-corrected chi connectivity index (χ0v) is 11.3. The third-order valence-electron chi connectivity index (χ3n) is 2.28. The maximum Gasteiger partial charge on any atom is 0.226 e. The SMILES string of the molecule is CC(C)Cc1nc(CSc2cccc(O)c2)no1. The van der Waals surface area contributed by atoms with Gasteiger partial charge < -0.3 is 9.63 Å². The average molecular weight is 264 g/mol. The number of hydrogen-bond donors (Lipinski definition) is 1. The van der Waals surface area contributed by atoms with Crippen LogP contribution in [0.2, 0.25) is 0 Å². The summed E-state index contributed by atoms with van der Waals surface area (Å²) in [5.74, 6) is 2.81. The van der Waals surface area contributed by atoms with Gasteiger partial charge in [-0.1, -0.05) is 25.1 Å². The van der Waals surface area contributed by atoms with Crippen LogP contribution in [0, 0.1) is 5.92 Å². The first-order chi connectivity index (χ1) is 8.63. The largest absolute Gasteiger partial charge is 0.508 e. The number of hydrogen-bond acceptors (Lipinski definition) is 5. The molecule has 1 aromatic carbocycles. The summed E-state index contributed by atoms with van der Waals surface area (Å²) >= 11 is 1.57. The van der Waals surface area contributed by atoms with Crippen LogP contribution >= 0.6 is 11.8 Å². The highest BCUT2D eigenvalue weighted by Gasteiger charge is 2.08. The number of phenols is 1. The second-order valence-corrected chi connectivity index (χ2v) is 5.54. The summed E-state index contributed by atoms with van der Waals surface area (Å²) in [7, 11) is 0. The number of rotatable bonds is 5. The molecule has 0 aliphatic rings. The molecule has 0 aliphatic carbocycles. The Morgan fingerprint density at radius 3 is 2.94 bits per heavy atom. The van der Waals surface area contributed by atoms with Gasteiger partial charge in [-0.25, -0.2) is 0 Å². The molecule has 0 aliphatic heterocycles. The highest BCUT2D eigenvalue weighted by Crippen LogP contribution is 2.24. The molecule has 0 amide bonds. The number of nitrogens with zero attached hydrogens (tertiary/aromatic N) is 2. The van der Waals surface area contributed by atoms with Crippen LogP contribution in [0.3, 0.4) is 0 Å². The van der Waals surface area contributed by atoms with Gasteiger partial charge in [0.05, 0.1) is 5.75 Å². The summed E-state index contributed by atoms with van der Waals surface area (Å²) in [4.78, 5) is 5.32. The van der Waals surface area contributed by atoms with E-state index in [-0.39, 0.29) is 5.75 Å². The molecule has 5 heteroatoms. The van der Waals surface area contributed by atoms with Crippen LogP contribution < -0.4 is 0 Å². The van der Waals surface area contributed by atoms with E-state index < -0.39 is 0 Å². The van der Waals surface area contributed by atoms with Crippen molar-refractivity contribution >= 4 is 11.8 Å². The predicted molar refractivity (Wildman–Crippen MR) is 70.5 cm³/mol. The molecule has 18 heavy (non-hydrogen) atoms. The lowest BCUT2D eigenvalue weighted by Gasteiger charge is -1.98.